The molecule has 0 fully saturated rings. The number of carbonyl (C=O) groups excluding carboxylic acids is 1. The van der Waals surface area contributed by atoms with Crippen LogP contribution in [0.1, 0.15) is 16.1 Å². The van der Waals surface area contributed by atoms with E-state index < -0.39 is 0 Å². The number of hydrogen-bond acceptors (Lipinski definition) is 4. The first kappa shape index (κ1) is 12.3. The highest BCUT2D eigenvalue weighted by molar-refractivity contribution is 6.10. The summed E-state index contributed by atoms with van der Waals surface area (Å²) in [6.07, 6.45) is 0. The Balaban J connectivity index is 2.06. The second kappa shape index (κ2) is 4.74. The van der Waals surface area contributed by atoms with E-state index >= 15 is 0 Å². The number of rotatable bonds is 3. The van der Waals surface area contributed by atoms with Gasteiger partial charge in [0.25, 0.3) is 0 Å². The number of methoxy groups -OCH3 is 1. The van der Waals surface area contributed by atoms with Crippen LogP contribution in [0.15, 0.2) is 52.9 Å². The van der Waals surface area contributed by atoms with E-state index in [1.807, 2.05) is 6.07 Å². The van der Waals surface area contributed by atoms with Crippen LogP contribution in [0.4, 0.5) is 0 Å². The lowest BCUT2D eigenvalue weighted by molar-refractivity contribution is 0.101. The molecule has 0 radical (unpaired) electrons. The standard InChI is InChI=1S/C16H12O4/c1-19-11-7-6-10-8-15(20-14(10)9-11)16(18)12-4-2-3-5-13(12)17/h2-9,17H,1H3. The van der Waals surface area contributed by atoms with Gasteiger partial charge in [0.1, 0.15) is 17.1 Å². The van der Waals surface area contributed by atoms with Gasteiger partial charge in [0, 0.05) is 11.5 Å². The van der Waals surface area contributed by atoms with Crippen molar-refractivity contribution in [3.05, 3.63) is 59.9 Å². The van der Waals surface area contributed by atoms with Gasteiger partial charge in [-0.05, 0) is 30.3 Å². The fourth-order valence-corrected chi connectivity index (χ4v) is 2.05. The van der Waals surface area contributed by atoms with E-state index in [9.17, 15) is 9.90 Å². The molecule has 0 aliphatic rings. The second-order valence-electron chi connectivity index (χ2n) is 4.36. The zero-order valence-electron chi connectivity index (χ0n) is 10.8. The minimum Gasteiger partial charge on any atom is -0.507 e. The Morgan fingerprint density at radius 2 is 1.95 bits per heavy atom. The largest absolute Gasteiger partial charge is 0.507 e. The lowest BCUT2D eigenvalue weighted by atomic mass is 10.1. The van der Waals surface area contributed by atoms with Crippen molar-refractivity contribution in [2.24, 2.45) is 0 Å². The van der Waals surface area contributed by atoms with Gasteiger partial charge in [0.2, 0.25) is 5.78 Å². The number of furan rings is 1. The van der Waals surface area contributed by atoms with Gasteiger partial charge in [-0.15, -0.1) is 0 Å². The van der Waals surface area contributed by atoms with Crippen LogP contribution >= 0.6 is 0 Å². The molecule has 0 spiro atoms. The summed E-state index contributed by atoms with van der Waals surface area (Å²) in [5, 5.41) is 10.5. The molecule has 20 heavy (non-hydrogen) atoms. The zero-order chi connectivity index (χ0) is 14.1. The first-order valence-corrected chi connectivity index (χ1v) is 6.09. The minimum atomic E-state index is -0.349. The van der Waals surface area contributed by atoms with Crippen LogP contribution in [0.25, 0.3) is 11.0 Å². The Morgan fingerprint density at radius 1 is 1.15 bits per heavy atom. The first-order valence-electron chi connectivity index (χ1n) is 6.09. The highest BCUT2D eigenvalue weighted by Crippen LogP contribution is 2.27. The fraction of sp³-hybridized carbons (Fsp3) is 0.0625. The molecule has 1 N–H and O–H groups in total. The summed E-state index contributed by atoms with van der Waals surface area (Å²) in [5.74, 6) is 0.442. The third kappa shape index (κ3) is 2.01. The molecule has 4 nitrogen and oxygen atoms in total. The van der Waals surface area contributed by atoms with Gasteiger partial charge < -0.3 is 14.3 Å². The van der Waals surface area contributed by atoms with Gasteiger partial charge in [0.05, 0.1) is 12.7 Å². The van der Waals surface area contributed by atoms with Crippen molar-refractivity contribution in [1.82, 2.24) is 0 Å². The number of carbonyl (C=O) groups is 1. The van der Waals surface area contributed by atoms with Gasteiger partial charge in [-0.2, -0.15) is 0 Å². The van der Waals surface area contributed by atoms with Crippen LogP contribution in [0.5, 0.6) is 11.5 Å². The second-order valence-corrected chi connectivity index (χ2v) is 4.36. The van der Waals surface area contributed by atoms with E-state index in [0.717, 1.165) is 5.39 Å². The number of ether oxygens (including phenoxy) is 1. The minimum absolute atomic E-state index is 0.0597. The van der Waals surface area contributed by atoms with Gasteiger partial charge >= 0.3 is 0 Å². The predicted octanol–water partition coefficient (Wildman–Crippen LogP) is 3.38. The van der Waals surface area contributed by atoms with Crippen LogP contribution in [-0.4, -0.2) is 18.0 Å². The van der Waals surface area contributed by atoms with E-state index in [1.54, 1.807) is 43.5 Å². The van der Waals surface area contributed by atoms with Gasteiger partial charge in [-0.3, -0.25) is 4.79 Å². The monoisotopic (exact) mass is 268 g/mol. The Labute approximate surface area is 115 Å². The van der Waals surface area contributed by atoms with Crippen LogP contribution in [0.3, 0.4) is 0 Å². The molecule has 0 saturated heterocycles. The fourth-order valence-electron chi connectivity index (χ4n) is 2.05. The molecule has 100 valence electrons. The average Bonchev–Trinajstić information content (AvgIpc) is 2.89. The SMILES string of the molecule is COc1ccc2cc(C(=O)c3ccccc3O)oc2c1. The van der Waals surface area contributed by atoms with Crippen molar-refractivity contribution in [3.8, 4) is 11.5 Å². The molecule has 3 aromatic rings. The van der Waals surface area contributed by atoms with Gasteiger partial charge in [0.15, 0.2) is 5.76 Å². The summed E-state index contributed by atoms with van der Waals surface area (Å²) < 4.78 is 10.7. The number of phenolic OH excluding ortho intramolecular Hbond substituents is 1. The van der Waals surface area contributed by atoms with Crippen molar-refractivity contribution < 1.29 is 19.1 Å². The topological polar surface area (TPSA) is 59.7 Å². The molecular formula is C16H12O4. The Morgan fingerprint density at radius 3 is 2.70 bits per heavy atom. The Hall–Kier alpha value is -2.75. The molecule has 3 rings (SSSR count). The lowest BCUT2D eigenvalue weighted by Gasteiger charge is -2.00. The molecule has 2 aromatic carbocycles. The van der Waals surface area contributed by atoms with E-state index in [2.05, 4.69) is 0 Å². The third-order valence-corrected chi connectivity index (χ3v) is 3.10. The van der Waals surface area contributed by atoms with Crippen LogP contribution in [0, 0.1) is 0 Å². The summed E-state index contributed by atoms with van der Waals surface area (Å²) in [6, 6.07) is 13.4. The maximum atomic E-state index is 12.3. The molecule has 1 heterocycles. The molecule has 0 aliphatic carbocycles. The van der Waals surface area contributed by atoms with Crippen molar-refractivity contribution in [2.75, 3.05) is 7.11 Å². The third-order valence-electron chi connectivity index (χ3n) is 3.10. The van der Waals surface area contributed by atoms with Crippen LogP contribution in [-0.2, 0) is 0 Å². The number of fused-ring (bicyclic) bond motifs is 1. The molecule has 0 saturated carbocycles. The van der Waals surface area contributed by atoms with Crippen molar-refractivity contribution >= 4 is 16.8 Å². The molecule has 0 unspecified atom stereocenters. The maximum absolute atomic E-state index is 12.3. The number of phenols is 1. The van der Waals surface area contributed by atoms with E-state index in [1.165, 1.54) is 6.07 Å². The Bertz CT molecular complexity index is 786. The van der Waals surface area contributed by atoms with E-state index in [0.29, 0.717) is 11.3 Å². The van der Waals surface area contributed by atoms with Crippen LogP contribution < -0.4 is 4.74 Å². The predicted molar refractivity (Wildman–Crippen MR) is 74.3 cm³/mol. The lowest BCUT2D eigenvalue weighted by Crippen LogP contribution is -1.99. The maximum Gasteiger partial charge on any atom is 0.231 e. The van der Waals surface area contributed by atoms with Crippen molar-refractivity contribution in [3.63, 3.8) is 0 Å². The molecule has 0 bridgehead atoms. The summed E-state index contributed by atoms with van der Waals surface area (Å²) >= 11 is 0. The van der Waals surface area contributed by atoms with Gasteiger partial charge in [-0.1, -0.05) is 12.1 Å². The summed E-state index contributed by atoms with van der Waals surface area (Å²) in [6.45, 7) is 0. The highest BCUT2D eigenvalue weighted by atomic mass is 16.5. The first-order chi connectivity index (χ1) is 9.69. The number of para-hydroxylation sites is 1. The quantitative estimate of drug-likeness (QED) is 0.740. The summed E-state index contributed by atoms with van der Waals surface area (Å²) in [5.41, 5.74) is 0.793. The number of hydrogen-bond donors (Lipinski definition) is 1. The van der Waals surface area contributed by atoms with Crippen LogP contribution in [0.2, 0.25) is 0 Å². The smallest absolute Gasteiger partial charge is 0.231 e. The number of aromatic hydroxyl groups is 1. The van der Waals surface area contributed by atoms with E-state index in [-0.39, 0.29) is 22.9 Å². The highest BCUT2D eigenvalue weighted by Gasteiger charge is 2.17. The van der Waals surface area contributed by atoms with Crippen molar-refractivity contribution in [1.29, 1.82) is 0 Å². The molecule has 0 atom stereocenters. The number of ketones is 1. The summed E-state index contributed by atoms with van der Waals surface area (Å²) in [4.78, 5) is 12.3. The molecular weight excluding hydrogens is 256 g/mol. The normalized spacial score (nSPS) is 10.7. The summed E-state index contributed by atoms with van der Waals surface area (Å²) in [7, 11) is 1.57. The molecule has 0 aliphatic heterocycles. The molecule has 0 amide bonds. The average molecular weight is 268 g/mol. The number of benzene rings is 2. The molecule has 4 heteroatoms. The Kier molecular flexibility index (Phi) is 2.91. The van der Waals surface area contributed by atoms with Gasteiger partial charge in [-0.25, -0.2) is 0 Å². The van der Waals surface area contributed by atoms with E-state index in [4.69, 9.17) is 9.15 Å². The molecule has 1 aromatic heterocycles. The van der Waals surface area contributed by atoms with Crippen molar-refractivity contribution in [2.45, 2.75) is 0 Å². The zero-order valence-corrected chi connectivity index (χ0v) is 10.8.